The van der Waals surface area contributed by atoms with Crippen molar-refractivity contribution in [1.29, 1.82) is 0 Å². The fraction of sp³-hybridized carbons (Fsp3) is 0.500. The molecule has 4 nitrogen and oxygen atoms in total. The number of allylic oxidation sites excluding steroid dienone is 9. The molecular weight excluding hydrogens is 328 g/mol. The number of aliphatic carboxylic acids is 1. The molecule has 26 heavy (non-hydrogen) atoms. The van der Waals surface area contributed by atoms with Gasteiger partial charge in [-0.2, -0.15) is 0 Å². The smallest absolute Gasteiger partial charge is 0.328 e. The third-order valence-electron chi connectivity index (χ3n) is 3.73. The Bertz CT molecular complexity index is 484. The van der Waals surface area contributed by atoms with Gasteiger partial charge in [0.15, 0.2) is 0 Å². The highest BCUT2D eigenvalue weighted by Gasteiger charge is 2.02. The number of rotatable bonds is 15. The molecule has 0 aromatic carbocycles. The molecule has 0 radical (unpaired) electrons. The van der Waals surface area contributed by atoms with Gasteiger partial charge in [-0.25, -0.2) is 4.79 Å². The van der Waals surface area contributed by atoms with Gasteiger partial charge in [0.2, 0.25) is 0 Å². The minimum atomic E-state index is -0.957. The molecule has 0 heterocycles. The number of aliphatic hydroxyl groups excluding tert-OH is 2. The summed E-state index contributed by atoms with van der Waals surface area (Å²) in [5.74, 6) is -0.957. The van der Waals surface area contributed by atoms with E-state index in [1.165, 1.54) is 6.08 Å². The van der Waals surface area contributed by atoms with Crippen molar-refractivity contribution in [3.63, 3.8) is 0 Å². The summed E-state index contributed by atoms with van der Waals surface area (Å²) in [6, 6.07) is 0. The van der Waals surface area contributed by atoms with E-state index in [0.29, 0.717) is 0 Å². The van der Waals surface area contributed by atoms with E-state index in [1.54, 1.807) is 12.2 Å². The second kappa shape index (κ2) is 17.9. The molecule has 0 rings (SSSR count). The van der Waals surface area contributed by atoms with Crippen LogP contribution in [-0.4, -0.2) is 33.5 Å². The molecule has 2 unspecified atom stereocenters. The highest BCUT2D eigenvalue weighted by atomic mass is 16.4. The highest BCUT2D eigenvalue weighted by molar-refractivity contribution is 5.80. The number of carboxylic acids is 1. The molecular formula is C22H34O4. The molecule has 0 aromatic heterocycles. The Balaban J connectivity index is 3.62. The van der Waals surface area contributed by atoms with E-state index in [2.05, 4.69) is 0 Å². The van der Waals surface area contributed by atoms with Crippen LogP contribution in [0.1, 0.15) is 58.3 Å². The van der Waals surface area contributed by atoms with Gasteiger partial charge in [0.1, 0.15) is 0 Å². The molecule has 0 aliphatic heterocycles. The first kappa shape index (κ1) is 24.1. The highest BCUT2D eigenvalue weighted by Crippen LogP contribution is 2.11. The van der Waals surface area contributed by atoms with Crippen LogP contribution in [0.5, 0.6) is 0 Å². The third-order valence-corrected chi connectivity index (χ3v) is 3.73. The van der Waals surface area contributed by atoms with Crippen molar-refractivity contribution >= 4 is 5.97 Å². The summed E-state index contributed by atoms with van der Waals surface area (Å²) in [6.07, 6.45) is 24.7. The first-order chi connectivity index (χ1) is 12.5. The minimum Gasteiger partial charge on any atom is -0.478 e. The van der Waals surface area contributed by atoms with Gasteiger partial charge in [-0.1, -0.05) is 80.4 Å². The molecule has 0 bridgehead atoms. The number of carboxylic acid groups (broad SMARTS) is 1. The van der Waals surface area contributed by atoms with E-state index < -0.39 is 5.97 Å². The van der Waals surface area contributed by atoms with Gasteiger partial charge in [-0.05, 0) is 32.6 Å². The Morgan fingerprint density at radius 1 is 0.769 bits per heavy atom. The summed E-state index contributed by atoms with van der Waals surface area (Å²) in [4.78, 5) is 10.2. The Morgan fingerprint density at radius 2 is 1.31 bits per heavy atom. The topological polar surface area (TPSA) is 77.8 Å². The number of hydrogen-bond acceptors (Lipinski definition) is 3. The van der Waals surface area contributed by atoms with Crippen LogP contribution >= 0.6 is 0 Å². The molecule has 3 N–H and O–H groups in total. The van der Waals surface area contributed by atoms with E-state index in [1.807, 2.05) is 43.4 Å². The molecule has 0 aliphatic rings. The first-order valence-corrected chi connectivity index (χ1v) is 9.44. The second-order valence-corrected chi connectivity index (χ2v) is 6.35. The number of unbranched alkanes of at least 4 members (excludes halogenated alkanes) is 3. The summed E-state index contributed by atoms with van der Waals surface area (Å²) in [6.45, 7) is 1.82. The molecule has 0 amide bonds. The van der Waals surface area contributed by atoms with Gasteiger partial charge in [0.05, 0.1) is 12.2 Å². The fourth-order valence-corrected chi connectivity index (χ4v) is 2.30. The fourth-order valence-electron chi connectivity index (χ4n) is 2.30. The van der Waals surface area contributed by atoms with Crippen LogP contribution < -0.4 is 0 Å². The van der Waals surface area contributed by atoms with E-state index >= 15 is 0 Å². The van der Waals surface area contributed by atoms with Gasteiger partial charge in [-0.15, -0.1) is 0 Å². The maximum absolute atomic E-state index is 10.2. The summed E-state index contributed by atoms with van der Waals surface area (Å²) in [7, 11) is 0. The van der Waals surface area contributed by atoms with Gasteiger partial charge < -0.3 is 15.3 Å². The average molecular weight is 363 g/mol. The van der Waals surface area contributed by atoms with Crippen LogP contribution in [0.2, 0.25) is 0 Å². The minimum absolute atomic E-state index is 0.200. The molecule has 0 aliphatic carbocycles. The number of hydrogen-bond donors (Lipinski definition) is 3. The van der Waals surface area contributed by atoms with Gasteiger partial charge >= 0.3 is 5.97 Å². The van der Waals surface area contributed by atoms with Gasteiger partial charge in [0, 0.05) is 6.08 Å². The van der Waals surface area contributed by atoms with E-state index in [-0.39, 0.29) is 12.2 Å². The molecule has 4 heteroatoms. The van der Waals surface area contributed by atoms with E-state index in [9.17, 15) is 9.90 Å². The van der Waals surface area contributed by atoms with Crippen LogP contribution in [0, 0.1) is 0 Å². The molecule has 2 atom stereocenters. The zero-order valence-electron chi connectivity index (χ0n) is 15.8. The largest absolute Gasteiger partial charge is 0.478 e. The lowest BCUT2D eigenvalue weighted by molar-refractivity contribution is -0.131. The van der Waals surface area contributed by atoms with Crippen molar-refractivity contribution < 1.29 is 20.1 Å². The summed E-state index contributed by atoms with van der Waals surface area (Å²) in [5, 5.41) is 27.5. The average Bonchev–Trinajstić information content (AvgIpc) is 2.58. The van der Waals surface area contributed by atoms with Crippen molar-refractivity contribution in [2.75, 3.05) is 0 Å². The monoisotopic (exact) mass is 362 g/mol. The number of aliphatic hydroxyl groups is 2. The van der Waals surface area contributed by atoms with Crippen LogP contribution in [0.4, 0.5) is 0 Å². The molecule has 0 aromatic rings. The maximum atomic E-state index is 10.2. The van der Waals surface area contributed by atoms with Crippen LogP contribution in [0.25, 0.3) is 0 Å². The predicted molar refractivity (Wildman–Crippen MR) is 108 cm³/mol. The lowest BCUT2D eigenvalue weighted by atomic mass is 10.0. The van der Waals surface area contributed by atoms with Gasteiger partial charge in [-0.3, -0.25) is 0 Å². The van der Waals surface area contributed by atoms with Crippen molar-refractivity contribution in [3.8, 4) is 0 Å². The standard InChI is InChI=1S/C22H34O4/c1-20(23)16-12-10-11-14-18-21(24)17-13-8-6-4-2-3-5-7-9-15-19-22(25)26/h2-9,15,19-21,23-24H,10-14,16-18H2,1H3,(H,25,26)/b4-2-,5-3-,8-6-,9-7+,19-15?. The zero-order chi connectivity index (χ0) is 19.5. The summed E-state index contributed by atoms with van der Waals surface area (Å²) in [5.41, 5.74) is 0. The van der Waals surface area contributed by atoms with Crippen molar-refractivity contribution in [3.05, 3.63) is 60.8 Å². The second-order valence-electron chi connectivity index (χ2n) is 6.35. The SMILES string of the molecule is CC(O)CCCCCCC(O)CC\C=C/C=C\C=C/C=C/C=CC(=O)O. The lowest BCUT2D eigenvalue weighted by Crippen LogP contribution is -2.05. The van der Waals surface area contributed by atoms with Crippen molar-refractivity contribution in [2.45, 2.75) is 70.5 Å². The predicted octanol–water partition coefficient (Wildman–Crippen LogP) is 4.71. The van der Waals surface area contributed by atoms with Crippen LogP contribution in [0.15, 0.2) is 60.8 Å². The molecule has 0 saturated heterocycles. The van der Waals surface area contributed by atoms with E-state index in [0.717, 1.165) is 57.4 Å². The molecule has 0 saturated carbocycles. The van der Waals surface area contributed by atoms with Gasteiger partial charge in [0.25, 0.3) is 0 Å². The van der Waals surface area contributed by atoms with E-state index in [4.69, 9.17) is 10.2 Å². The normalized spacial score (nSPS) is 15.2. The quantitative estimate of drug-likeness (QED) is 0.224. The Morgan fingerprint density at radius 3 is 1.88 bits per heavy atom. The molecule has 146 valence electrons. The Hall–Kier alpha value is -1.91. The van der Waals surface area contributed by atoms with Crippen LogP contribution in [-0.2, 0) is 4.79 Å². The Kier molecular flexibility index (Phi) is 16.6. The first-order valence-electron chi connectivity index (χ1n) is 9.44. The lowest BCUT2D eigenvalue weighted by Gasteiger charge is -2.09. The van der Waals surface area contributed by atoms with Crippen molar-refractivity contribution in [1.82, 2.24) is 0 Å². The zero-order valence-corrected chi connectivity index (χ0v) is 15.8. The van der Waals surface area contributed by atoms with Crippen LogP contribution in [0.3, 0.4) is 0 Å². The maximum Gasteiger partial charge on any atom is 0.328 e. The molecule has 0 spiro atoms. The summed E-state index contributed by atoms with van der Waals surface area (Å²) < 4.78 is 0. The summed E-state index contributed by atoms with van der Waals surface area (Å²) >= 11 is 0. The van der Waals surface area contributed by atoms with Crippen molar-refractivity contribution in [2.24, 2.45) is 0 Å². The Labute approximate surface area is 157 Å². The number of carbonyl (C=O) groups is 1. The molecule has 0 fully saturated rings. The third kappa shape index (κ3) is 20.1.